The fourth-order valence-electron chi connectivity index (χ4n) is 3.29. The molecule has 0 saturated carbocycles. The van der Waals surface area contributed by atoms with E-state index < -0.39 is 5.97 Å². The third-order valence-corrected chi connectivity index (χ3v) is 4.49. The van der Waals surface area contributed by atoms with Crippen LogP contribution < -0.4 is 4.90 Å². The van der Waals surface area contributed by atoms with Crippen LogP contribution in [0.5, 0.6) is 0 Å². The van der Waals surface area contributed by atoms with Crippen molar-refractivity contribution >= 4 is 11.9 Å². The first-order valence-corrected chi connectivity index (χ1v) is 7.10. The van der Waals surface area contributed by atoms with E-state index in [4.69, 9.17) is 5.11 Å². The first kappa shape index (κ1) is 13.3. The van der Waals surface area contributed by atoms with Crippen molar-refractivity contribution < 1.29 is 9.90 Å². The Balaban J connectivity index is 1.87. The summed E-state index contributed by atoms with van der Waals surface area (Å²) in [6, 6.07) is 2.69. The van der Waals surface area contributed by atoms with Crippen molar-refractivity contribution in [3.8, 4) is 0 Å². The third kappa shape index (κ3) is 2.35. The monoisotopic (exact) mass is 276 g/mol. The zero-order chi connectivity index (χ0) is 14.3. The highest BCUT2D eigenvalue weighted by molar-refractivity contribution is 5.85. The second-order valence-electron chi connectivity index (χ2n) is 5.78. The van der Waals surface area contributed by atoms with Gasteiger partial charge in [0.25, 0.3) is 0 Å². The number of fused-ring (bicyclic) bond motifs is 2. The minimum Gasteiger partial charge on any atom is -0.477 e. The summed E-state index contributed by atoms with van der Waals surface area (Å²) in [7, 11) is 2.19. The van der Waals surface area contributed by atoms with Crippen molar-refractivity contribution in [2.24, 2.45) is 0 Å². The highest BCUT2D eigenvalue weighted by Gasteiger charge is 2.35. The van der Waals surface area contributed by atoms with Crippen molar-refractivity contribution in [1.82, 2.24) is 14.9 Å². The van der Waals surface area contributed by atoms with Gasteiger partial charge in [0.1, 0.15) is 0 Å². The van der Waals surface area contributed by atoms with Gasteiger partial charge in [0.2, 0.25) is 5.95 Å². The molecule has 2 unspecified atom stereocenters. The second kappa shape index (κ2) is 5.01. The molecular weight excluding hydrogens is 256 g/mol. The minimum absolute atomic E-state index is 0.0789. The molecule has 2 bridgehead atoms. The Morgan fingerprint density at radius 1 is 1.30 bits per heavy atom. The molecule has 2 aliphatic heterocycles. The Bertz CT molecular complexity index is 534. The van der Waals surface area contributed by atoms with Gasteiger partial charge in [0.05, 0.1) is 0 Å². The van der Waals surface area contributed by atoms with Crippen LogP contribution in [0.2, 0.25) is 0 Å². The summed E-state index contributed by atoms with van der Waals surface area (Å²) in [5.41, 5.74) is 0.783. The van der Waals surface area contributed by atoms with E-state index in [0.29, 0.717) is 23.7 Å². The number of nitrogens with zero attached hydrogens (tertiary/aromatic N) is 4. The Labute approximate surface area is 118 Å². The van der Waals surface area contributed by atoms with Gasteiger partial charge in [0.15, 0.2) is 5.69 Å². The Kier molecular flexibility index (Phi) is 3.33. The summed E-state index contributed by atoms with van der Waals surface area (Å²) in [5.74, 6) is -0.437. The van der Waals surface area contributed by atoms with E-state index in [-0.39, 0.29) is 5.69 Å². The van der Waals surface area contributed by atoms with Crippen LogP contribution in [0.15, 0.2) is 6.07 Å². The largest absolute Gasteiger partial charge is 0.477 e. The standard InChI is InChI=1S/C14H20N4O2/c1-9-7-12(13(19)20)16-14(15-9)18-6-5-10-3-4-11(8-18)17(10)2/h7,10-11H,3-6,8H2,1-2H3,(H,19,20). The van der Waals surface area contributed by atoms with E-state index in [2.05, 4.69) is 26.8 Å². The summed E-state index contributed by atoms with van der Waals surface area (Å²) in [4.78, 5) is 24.3. The molecule has 2 aliphatic rings. The summed E-state index contributed by atoms with van der Waals surface area (Å²) in [5, 5.41) is 9.12. The van der Waals surface area contributed by atoms with Crippen molar-refractivity contribution in [2.45, 2.75) is 38.3 Å². The molecule has 0 aliphatic carbocycles. The minimum atomic E-state index is -0.995. The van der Waals surface area contributed by atoms with Gasteiger partial charge in [-0.15, -0.1) is 0 Å². The van der Waals surface area contributed by atoms with Gasteiger partial charge < -0.3 is 10.0 Å². The van der Waals surface area contributed by atoms with Crippen LogP contribution in [0.4, 0.5) is 5.95 Å². The van der Waals surface area contributed by atoms with Gasteiger partial charge in [-0.1, -0.05) is 0 Å². The van der Waals surface area contributed by atoms with Crippen LogP contribution in [0.3, 0.4) is 0 Å². The van der Waals surface area contributed by atoms with Crippen molar-refractivity contribution in [2.75, 3.05) is 25.0 Å². The SMILES string of the molecule is Cc1cc(C(=O)O)nc(N2CCC3CCC(C2)N3C)n1. The molecule has 6 nitrogen and oxygen atoms in total. The normalized spacial score (nSPS) is 26.6. The van der Waals surface area contributed by atoms with E-state index in [1.54, 1.807) is 0 Å². The Morgan fingerprint density at radius 2 is 2.05 bits per heavy atom. The maximum absolute atomic E-state index is 11.1. The molecule has 2 atom stereocenters. The average molecular weight is 276 g/mol. The number of hydrogen-bond donors (Lipinski definition) is 1. The lowest BCUT2D eigenvalue weighted by molar-refractivity contribution is 0.0690. The topological polar surface area (TPSA) is 69.6 Å². The van der Waals surface area contributed by atoms with Crippen LogP contribution in [0.1, 0.15) is 35.4 Å². The molecule has 1 N–H and O–H groups in total. The number of anilines is 1. The zero-order valence-corrected chi connectivity index (χ0v) is 11.9. The maximum atomic E-state index is 11.1. The van der Waals surface area contributed by atoms with E-state index in [0.717, 1.165) is 19.5 Å². The summed E-state index contributed by atoms with van der Waals surface area (Å²) in [6.45, 7) is 3.59. The average Bonchev–Trinajstić information content (AvgIpc) is 2.62. The van der Waals surface area contributed by atoms with Crippen LogP contribution in [-0.4, -0.2) is 58.2 Å². The quantitative estimate of drug-likeness (QED) is 0.874. The molecule has 3 rings (SSSR count). The molecule has 20 heavy (non-hydrogen) atoms. The van der Waals surface area contributed by atoms with Crippen LogP contribution >= 0.6 is 0 Å². The Hall–Kier alpha value is -1.69. The van der Waals surface area contributed by atoms with E-state index in [9.17, 15) is 4.79 Å². The van der Waals surface area contributed by atoms with E-state index in [1.165, 1.54) is 18.9 Å². The van der Waals surface area contributed by atoms with Gasteiger partial charge in [-0.05, 0) is 39.3 Å². The number of carboxylic acids is 1. The molecule has 6 heteroatoms. The molecular formula is C14H20N4O2. The second-order valence-corrected chi connectivity index (χ2v) is 5.78. The Morgan fingerprint density at radius 3 is 2.80 bits per heavy atom. The number of aryl methyl sites for hydroxylation is 1. The number of rotatable bonds is 2. The van der Waals surface area contributed by atoms with Gasteiger partial charge in [-0.2, -0.15) is 0 Å². The molecule has 0 amide bonds. The number of hydrogen-bond acceptors (Lipinski definition) is 5. The lowest BCUT2D eigenvalue weighted by Crippen LogP contribution is -2.37. The predicted octanol–water partition coefficient (Wildman–Crippen LogP) is 1.16. The first-order valence-electron chi connectivity index (χ1n) is 7.10. The molecule has 0 radical (unpaired) electrons. The number of carboxylic acid groups (broad SMARTS) is 1. The third-order valence-electron chi connectivity index (χ3n) is 4.49. The number of aromatic carboxylic acids is 1. The summed E-state index contributed by atoms with van der Waals surface area (Å²) in [6.07, 6.45) is 3.56. The van der Waals surface area contributed by atoms with Gasteiger partial charge in [-0.3, -0.25) is 4.90 Å². The van der Waals surface area contributed by atoms with Gasteiger partial charge in [-0.25, -0.2) is 14.8 Å². The first-order chi connectivity index (χ1) is 9.54. The molecule has 2 fully saturated rings. The fraction of sp³-hybridized carbons (Fsp3) is 0.643. The molecule has 2 saturated heterocycles. The molecule has 1 aromatic heterocycles. The van der Waals surface area contributed by atoms with E-state index >= 15 is 0 Å². The highest BCUT2D eigenvalue weighted by Crippen LogP contribution is 2.29. The predicted molar refractivity (Wildman–Crippen MR) is 75.1 cm³/mol. The zero-order valence-electron chi connectivity index (χ0n) is 11.9. The molecule has 108 valence electrons. The lowest BCUT2D eigenvalue weighted by Gasteiger charge is -2.26. The van der Waals surface area contributed by atoms with Crippen molar-refractivity contribution in [3.05, 3.63) is 17.5 Å². The lowest BCUT2D eigenvalue weighted by atomic mass is 10.1. The fourth-order valence-corrected chi connectivity index (χ4v) is 3.29. The molecule has 3 heterocycles. The summed E-state index contributed by atoms with van der Waals surface area (Å²) >= 11 is 0. The number of likely N-dealkylation sites (N-methyl/N-ethyl adjacent to an activating group) is 1. The number of carbonyl (C=O) groups is 1. The molecule has 0 spiro atoms. The summed E-state index contributed by atoms with van der Waals surface area (Å²) < 4.78 is 0. The van der Waals surface area contributed by atoms with E-state index in [1.807, 2.05) is 6.92 Å². The van der Waals surface area contributed by atoms with Crippen LogP contribution in [-0.2, 0) is 0 Å². The van der Waals surface area contributed by atoms with Crippen molar-refractivity contribution in [1.29, 1.82) is 0 Å². The molecule has 1 aromatic rings. The van der Waals surface area contributed by atoms with Crippen molar-refractivity contribution in [3.63, 3.8) is 0 Å². The van der Waals surface area contributed by atoms with Gasteiger partial charge in [0, 0.05) is 30.9 Å². The maximum Gasteiger partial charge on any atom is 0.354 e. The van der Waals surface area contributed by atoms with Crippen LogP contribution in [0.25, 0.3) is 0 Å². The number of aromatic nitrogens is 2. The van der Waals surface area contributed by atoms with Gasteiger partial charge >= 0.3 is 5.97 Å². The highest BCUT2D eigenvalue weighted by atomic mass is 16.4. The smallest absolute Gasteiger partial charge is 0.354 e. The molecule has 0 aromatic carbocycles. The van der Waals surface area contributed by atoms with Crippen LogP contribution in [0, 0.1) is 6.92 Å².